The predicted octanol–water partition coefficient (Wildman–Crippen LogP) is 2.78. The summed E-state index contributed by atoms with van der Waals surface area (Å²) < 4.78 is 26.7. The van der Waals surface area contributed by atoms with Crippen molar-refractivity contribution in [3.63, 3.8) is 0 Å². The molecular formula is C27H33FN6O3. The van der Waals surface area contributed by atoms with Crippen molar-refractivity contribution in [2.45, 2.75) is 38.1 Å². The molecule has 0 bridgehead atoms. The van der Waals surface area contributed by atoms with Crippen LogP contribution in [-0.4, -0.2) is 90.4 Å². The van der Waals surface area contributed by atoms with Crippen LogP contribution in [0.2, 0.25) is 0 Å². The average Bonchev–Trinajstić information content (AvgIpc) is 3.08. The van der Waals surface area contributed by atoms with E-state index >= 15 is 0 Å². The monoisotopic (exact) mass is 508 g/mol. The predicted molar refractivity (Wildman–Crippen MR) is 138 cm³/mol. The van der Waals surface area contributed by atoms with Gasteiger partial charge in [0.05, 0.1) is 36.7 Å². The van der Waals surface area contributed by atoms with Crippen molar-refractivity contribution < 1.29 is 18.7 Å². The number of hydrogen-bond donors (Lipinski definition) is 1. The molecule has 37 heavy (non-hydrogen) atoms. The number of nitrogens with zero attached hydrogens (tertiary/aromatic N) is 5. The molecule has 3 fully saturated rings. The summed E-state index contributed by atoms with van der Waals surface area (Å²) in [6.07, 6.45) is 2.67. The van der Waals surface area contributed by atoms with Crippen molar-refractivity contribution in [3.05, 3.63) is 47.9 Å². The molecule has 9 nitrogen and oxygen atoms in total. The van der Waals surface area contributed by atoms with Crippen LogP contribution in [0.3, 0.4) is 0 Å². The number of nitrogens with one attached hydrogen (secondary N) is 1. The number of carbonyl (C=O) groups is 1. The first-order chi connectivity index (χ1) is 18.0. The van der Waals surface area contributed by atoms with Crippen LogP contribution >= 0.6 is 0 Å². The Labute approximate surface area is 216 Å². The second kappa shape index (κ2) is 9.90. The zero-order valence-electron chi connectivity index (χ0n) is 21.2. The third-order valence-electron chi connectivity index (χ3n) is 7.95. The largest absolute Gasteiger partial charge is 0.485 e. The minimum Gasteiger partial charge on any atom is -0.485 e. The van der Waals surface area contributed by atoms with E-state index < -0.39 is 6.17 Å². The number of aromatic nitrogens is 2. The highest BCUT2D eigenvalue weighted by molar-refractivity contribution is 5.87. The number of likely N-dealkylation sites (tertiary alicyclic amines) is 2. The Morgan fingerprint density at radius 1 is 1.24 bits per heavy atom. The van der Waals surface area contributed by atoms with E-state index in [9.17, 15) is 9.18 Å². The van der Waals surface area contributed by atoms with Gasteiger partial charge in [0.1, 0.15) is 18.6 Å². The summed E-state index contributed by atoms with van der Waals surface area (Å²) in [5, 5.41) is 3.52. The lowest BCUT2D eigenvalue weighted by Crippen LogP contribution is -2.59. The molecule has 0 aromatic carbocycles. The minimum absolute atomic E-state index is 0.132. The van der Waals surface area contributed by atoms with Gasteiger partial charge in [-0.05, 0) is 31.6 Å². The Kier molecular flexibility index (Phi) is 6.46. The molecule has 196 valence electrons. The van der Waals surface area contributed by atoms with E-state index in [0.717, 1.165) is 66.1 Å². The van der Waals surface area contributed by atoms with E-state index in [0.29, 0.717) is 32.8 Å². The molecule has 0 spiro atoms. The van der Waals surface area contributed by atoms with Crippen LogP contribution in [0.4, 0.5) is 21.6 Å². The SMILES string of the molecule is C=CC(=O)N1CCC(N2CC(c3cc4c(c(C)n3)OCc3c(N5CCOCC5)ccnc3N4)C2)C(F)C1. The number of fused-ring (bicyclic) bond motifs is 2. The molecule has 2 aromatic rings. The van der Waals surface area contributed by atoms with Gasteiger partial charge in [0.15, 0.2) is 5.75 Å². The second-order valence-electron chi connectivity index (χ2n) is 10.2. The van der Waals surface area contributed by atoms with Crippen LogP contribution in [0.5, 0.6) is 5.75 Å². The van der Waals surface area contributed by atoms with Gasteiger partial charge in [-0.25, -0.2) is 9.37 Å². The molecule has 1 N–H and O–H groups in total. The summed E-state index contributed by atoms with van der Waals surface area (Å²) in [4.78, 5) is 27.4. The van der Waals surface area contributed by atoms with Crippen molar-refractivity contribution in [2.24, 2.45) is 0 Å². The number of halogens is 1. The van der Waals surface area contributed by atoms with E-state index in [2.05, 4.69) is 32.7 Å². The molecule has 4 aliphatic heterocycles. The molecule has 0 aliphatic carbocycles. The maximum absolute atomic E-state index is 14.9. The molecule has 1 amide bonds. The van der Waals surface area contributed by atoms with Gasteiger partial charge < -0.3 is 24.6 Å². The Hall–Kier alpha value is -3.24. The highest BCUT2D eigenvalue weighted by Crippen LogP contribution is 2.41. The molecule has 0 saturated carbocycles. The first-order valence-corrected chi connectivity index (χ1v) is 13.0. The van der Waals surface area contributed by atoms with Crippen molar-refractivity contribution in [1.82, 2.24) is 19.8 Å². The molecule has 10 heteroatoms. The maximum atomic E-state index is 14.9. The lowest BCUT2D eigenvalue weighted by Gasteiger charge is -2.48. The number of anilines is 3. The quantitative estimate of drug-likeness (QED) is 0.632. The van der Waals surface area contributed by atoms with Crippen LogP contribution in [0, 0.1) is 6.92 Å². The van der Waals surface area contributed by atoms with Gasteiger partial charge in [-0.2, -0.15) is 0 Å². The first-order valence-electron chi connectivity index (χ1n) is 13.0. The van der Waals surface area contributed by atoms with Crippen molar-refractivity contribution >= 4 is 23.1 Å². The third-order valence-corrected chi connectivity index (χ3v) is 7.95. The highest BCUT2D eigenvalue weighted by Gasteiger charge is 2.41. The smallest absolute Gasteiger partial charge is 0.246 e. The summed E-state index contributed by atoms with van der Waals surface area (Å²) in [6.45, 7) is 11.2. The zero-order valence-corrected chi connectivity index (χ0v) is 21.2. The number of carbonyl (C=O) groups excluding carboxylic acids is 1. The van der Waals surface area contributed by atoms with Crippen molar-refractivity contribution in [3.8, 4) is 5.75 Å². The highest BCUT2D eigenvalue weighted by atomic mass is 19.1. The number of ether oxygens (including phenoxy) is 2. The van der Waals surface area contributed by atoms with Gasteiger partial charge >= 0.3 is 0 Å². The van der Waals surface area contributed by atoms with Crippen LogP contribution in [0.1, 0.15) is 29.3 Å². The maximum Gasteiger partial charge on any atom is 0.246 e. The Balaban J connectivity index is 1.16. The average molecular weight is 509 g/mol. The van der Waals surface area contributed by atoms with Gasteiger partial charge in [-0.3, -0.25) is 14.7 Å². The molecule has 6 heterocycles. The molecule has 3 saturated heterocycles. The molecule has 2 unspecified atom stereocenters. The number of piperidine rings is 1. The fourth-order valence-corrected chi connectivity index (χ4v) is 5.88. The summed E-state index contributed by atoms with van der Waals surface area (Å²) in [5.74, 6) is 1.57. The number of morpholine rings is 1. The Morgan fingerprint density at radius 3 is 2.81 bits per heavy atom. The Bertz CT molecular complexity index is 1200. The standard InChI is InChI=1S/C27H33FN6O3/c1-3-25(35)33-7-5-24(20(28)15-33)34-13-18(14-34)21-12-22-26(17(2)30-21)37-16-19-23(4-6-29-27(19)31-22)32-8-10-36-11-9-32/h3-4,6,12,18,20,24H,1,5,7-11,13-16H2,2H3,(H,29,31). The number of rotatable bonds is 4. The summed E-state index contributed by atoms with van der Waals surface area (Å²) in [7, 11) is 0. The van der Waals surface area contributed by atoms with E-state index in [1.54, 1.807) is 4.90 Å². The number of pyridine rings is 2. The summed E-state index contributed by atoms with van der Waals surface area (Å²) in [6, 6.07) is 3.93. The molecular weight excluding hydrogens is 475 g/mol. The van der Waals surface area contributed by atoms with E-state index in [1.807, 2.05) is 19.2 Å². The second-order valence-corrected chi connectivity index (χ2v) is 10.2. The summed E-state index contributed by atoms with van der Waals surface area (Å²) >= 11 is 0. The molecule has 0 radical (unpaired) electrons. The zero-order chi connectivity index (χ0) is 25.5. The fraction of sp³-hybridized carbons (Fsp3) is 0.519. The van der Waals surface area contributed by atoms with Crippen LogP contribution in [0.15, 0.2) is 31.0 Å². The van der Waals surface area contributed by atoms with Gasteiger partial charge in [0.25, 0.3) is 0 Å². The van der Waals surface area contributed by atoms with Crippen molar-refractivity contribution in [2.75, 3.05) is 62.7 Å². The van der Waals surface area contributed by atoms with Crippen molar-refractivity contribution in [1.29, 1.82) is 0 Å². The number of amides is 1. The van der Waals surface area contributed by atoms with Crippen LogP contribution in [-0.2, 0) is 16.1 Å². The van der Waals surface area contributed by atoms with Gasteiger partial charge in [-0.15, -0.1) is 0 Å². The summed E-state index contributed by atoms with van der Waals surface area (Å²) in [5.41, 5.74) is 4.83. The molecule has 6 rings (SSSR count). The van der Waals surface area contributed by atoms with E-state index in [-0.39, 0.29) is 24.4 Å². The van der Waals surface area contributed by atoms with Crippen LogP contribution in [0.25, 0.3) is 0 Å². The van der Waals surface area contributed by atoms with Gasteiger partial charge in [0, 0.05) is 62.3 Å². The first kappa shape index (κ1) is 24.1. The normalized spacial score (nSPS) is 24.2. The molecule has 2 atom stereocenters. The number of alkyl halides is 1. The van der Waals surface area contributed by atoms with E-state index in [4.69, 9.17) is 14.5 Å². The molecule has 2 aromatic heterocycles. The van der Waals surface area contributed by atoms with Gasteiger partial charge in [-0.1, -0.05) is 6.58 Å². The number of hydrogen-bond acceptors (Lipinski definition) is 8. The third kappa shape index (κ3) is 4.53. The lowest BCUT2D eigenvalue weighted by molar-refractivity contribution is -0.130. The van der Waals surface area contributed by atoms with Crippen LogP contribution < -0.4 is 15.0 Å². The topological polar surface area (TPSA) is 83.1 Å². The van der Waals surface area contributed by atoms with E-state index in [1.165, 1.54) is 6.08 Å². The minimum atomic E-state index is -1.06. The molecule has 4 aliphatic rings. The lowest BCUT2D eigenvalue weighted by atomic mass is 9.89. The number of aryl methyl sites for hydroxylation is 1. The Morgan fingerprint density at radius 2 is 2.05 bits per heavy atom. The van der Waals surface area contributed by atoms with Gasteiger partial charge in [0.2, 0.25) is 5.91 Å². The fourth-order valence-electron chi connectivity index (χ4n) is 5.88.